The SMILES string of the molecule is C=C(CCNC(=O)c1c(N2CCCC(F)(F)CC2)nnc(C(F)(F)F)c1C)C(N)=O. The zero-order chi connectivity index (χ0) is 22.7. The fraction of sp³-hybridized carbons (Fsp3) is 0.556. The van der Waals surface area contributed by atoms with Gasteiger partial charge in [-0.25, -0.2) is 8.78 Å². The molecule has 2 heterocycles. The van der Waals surface area contributed by atoms with Crippen LogP contribution in [0.25, 0.3) is 0 Å². The van der Waals surface area contributed by atoms with Gasteiger partial charge in [0.2, 0.25) is 11.8 Å². The first-order valence-electron chi connectivity index (χ1n) is 9.16. The van der Waals surface area contributed by atoms with Crippen molar-refractivity contribution in [1.29, 1.82) is 0 Å². The summed E-state index contributed by atoms with van der Waals surface area (Å²) in [5, 5.41) is 9.18. The van der Waals surface area contributed by atoms with Gasteiger partial charge in [0.1, 0.15) is 0 Å². The Bertz CT molecular complexity index is 841. The standard InChI is InChI=1S/C18H22F5N5O2/c1-10(14(24)29)4-7-25-16(30)12-11(2)13(18(21,22)23)26-27-15(12)28-8-3-5-17(19,20)6-9-28/h1,3-9H2,2H3,(H2,24,29)(H,25,30). The van der Waals surface area contributed by atoms with E-state index in [1.54, 1.807) is 0 Å². The number of aromatic nitrogens is 2. The number of carbonyl (C=O) groups excluding carboxylic acids is 2. The molecule has 12 heteroatoms. The zero-order valence-electron chi connectivity index (χ0n) is 16.3. The highest BCUT2D eigenvalue weighted by Crippen LogP contribution is 2.35. The molecular weight excluding hydrogens is 413 g/mol. The second-order valence-electron chi connectivity index (χ2n) is 7.04. The first-order chi connectivity index (χ1) is 13.8. The van der Waals surface area contributed by atoms with Gasteiger partial charge in [0.15, 0.2) is 11.5 Å². The fourth-order valence-electron chi connectivity index (χ4n) is 3.09. The summed E-state index contributed by atoms with van der Waals surface area (Å²) in [7, 11) is 0. The summed E-state index contributed by atoms with van der Waals surface area (Å²) >= 11 is 0. The van der Waals surface area contributed by atoms with E-state index in [4.69, 9.17) is 5.73 Å². The van der Waals surface area contributed by atoms with Gasteiger partial charge in [0.25, 0.3) is 5.91 Å². The van der Waals surface area contributed by atoms with Crippen LogP contribution in [0.1, 0.15) is 47.3 Å². The average Bonchev–Trinajstić information content (AvgIpc) is 2.80. The highest BCUT2D eigenvalue weighted by Gasteiger charge is 2.39. The van der Waals surface area contributed by atoms with E-state index in [1.807, 2.05) is 0 Å². The summed E-state index contributed by atoms with van der Waals surface area (Å²) < 4.78 is 67.2. The van der Waals surface area contributed by atoms with Gasteiger partial charge < -0.3 is 16.0 Å². The first kappa shape index (κ1) is 23.5. The lowest BCUT2D eigenvalue weighted by Gasteiger charge is -2.25. The largest absolute Gasteiger partial charge is 0.435 e. The molecule has 0 atom stereocenters. The molecule has 2 rings (SSSR count). The molecule has 1 fully saturated rings. The molecule has 0 aromatic carbocycles. The van der Waals surface area contributed by atoms with E-state index in [0.717, 1.165) is 6.92 Å². The molecule has 0 saturated carbocycles. The molecule has 166 valence electrons. The number of nitrogens with one attached hydrogen (secondary N) is 1. The van der Waals surface area contributed by atoms with Crippen LogP contribution in [0.15, 0.2) is 12.2 Å². The molecule has 0 unspecified atom stereocenters. The third-order valence-electron chi connectivity index (χ3n) is 4.77. The maximum atomic E-state index is 13.7. The van der Waals surface area contributed by atoms with Crippen molar-refractivity contribution >= 4 is 17.6 Å². The number of alkyl halides is 5. The zero-order valence-corrected chi connectivity index (χ0v) is 16.3. The quantitative estimate of drug-likeness (QED) is 0.528. The number of hydrogen-bond acceptors (Lipinski definition) is 5. The minimum atomic E-state index is -4.85. The van der Waals surface area contributed by atoms with Gasteiger partial charge in [-0.15, -0.1) is 10.2 Å². The Morgan fingerprint density at radius 3 is 2.50 bits per heavy atom. The van der Waals surface area contributed by atoms with Crippen LogP contribution in [0.5, 0.6) is 0 Å². The molecule has 0 aliphatic carbocycles. The van der Waals surface area contributed by atoms with Crippen LogP contribution >= 0.6 is 0 Å². The molecule has 7 nitrogen and oxygen atoms in total. The second kappa shape index (κ2) is 8.92. The molecule has 1 saturated heterocycles. The van der Waals surface area contributed by atoms with E-state index in [0.29, 0.717) is 0 Å². The molecule has 1 aromatic heterocycles. The molecule has 1 aliphatic heterocycles. The monoisotopic (exact) mass is 435 g/mol. The summed E-state index contributed by atoms with van der Waals surface area (Å²) in [6.07, 6.45) is -5.66. The lowest BCUT2D eigenvalue weighted by atomic mass is 10.1. The predicted molar refractivity (Wildman–Crippen MR) is 98.1 cm³/mol. The van der Waals surface area contributed by atoms with Crippen LogP contribution in [0, 0.1) is 6.92 Å². The summed E-state index contributed by atoms with van der Waals surface area (Å²) in [5.74, 6) is -4.75. The van der Waals surface area contributed by atoms with Crippen molar-refractivity contribution < 1.29 is 31.5 Å². The van der Waals surface area contributed by atoms with Crippen LogP contribution in [0.4, 0.5) is 27.8 Å². The van der Waals surface area contributed by atoms with Crippen LogP contribution in [-0.4, -0.2) is 47.6 Å². The van der Waals surface area contributed by atoms with Crippen molar-refractivity contribution in [3.05, 3.63) is 29.0 Å². The van der Waals surface area contributed by atoms with Gasteiger partial charge >= 0.3 is 6.18 Å². The first-order valence-corrected chi connectivity index (χ1v) is 9.16. The summed E-state index contributed by atoms with van der Waals surface area (Å²) in [4.78, 5) is 25.1. The number of primary amides is 1. The number of carbonyl (C=O) groups is 2. The molecule has 3 N–H and O–H groups in total. The van der Waals surface area contributed by atoms with Crippen molar-refractivity contribution in [1.82, 2.24) is 15.5 Å². The maximum absolute atomic E-state index is 13.7. The fourth-order valence-corrected chi connectivity index (χ4v) is 3.09. The molecular formula is C18H22F5N5O2. The highest BCUT2D eigenvalue weighted by atomic mass is 19.4. The lowest BCUT2D eigenvalue weighted by Crippen LogP contribution is -2.34. The van der Waals surface area contributed by atoms with Crippen molar-refractivity contribution in [3.8, 4) is 0 Å². The van der Waals surface area contributed by atoms with E-state index >= 15 is 0 Å². The van der Waals surface area contributed by atoms with Gasteiger partial charge in [0.05, 0.1) is 5.56 Å². The van der Waals surface area contributed by atoms with E-state index in [-0.39, 0.29) is 50.3 Å². The number of anilines is 1. The van der Waals surface area contributed by atoms with Crippen molar-refractivity contribution in [2.45, 2.75) is 44.7 Å². The highest BCUT2D eigenvalue weighted by molar-refractivity contribution is 6.00. The smallest absolute Gasteiger partial charge is 0.366 e. The Hall–Kier alpha value is -2.79. The number of nitrogens with two attached hydrogens (primary N) is 1. The molecule has 30 heavy (non-hydrogen) atoms. The summed E-state index contributed by atoms with van der Waals surface area (Å²) in [6, 6.07) is 0. The Morgan fingerprint density at radius 1 is 1.23 bits per heavy atom. The minimum absolute atomic E-state index is 0.00394. The van der Waals surface area contributed by atoms with Crippen molar-refractivity contribution in [2.75, 3.05) is 24.5 Å². The van der Waals surface area contributed by atoms with Crippen LogP contribution in [0.2, 0.25) is 0 Å². The maximum Gasteiger partial charge on any atom is 0.435 e. The number of amides is 2. The molecule has 1 aromatic rings. The Labute approximate surface area is 169 Å². The number of halogens is 5. The van der Waals surface area contributed by atoms with Crippen molar-refractivity contribution in [3.63, 3.8) is 0 Å². The van der Waals surface area contributed by atoms with Gasteiger partial charge in [-0.1, -0.05) is 6.58 Å². The Kier molecular flexibility index (Phi) is 6.99. The van der Waals surface area contributed by atoms with Crippen LogP contribution < -0.4 is 16.0 Å². The topological polar surface area (TPSA) is 101 Å². The molecule has 0 spiro atoms. The third kappa shape index (κ3) is 5.63. The van der Waals surface area contributed by atoms with E-state index in [1.165, 1.54) is 4.90 Å². The Morgan fingerprint density at radius 2 is 1.90 bits per heavy atom. The Balaban J connectivity index is 2.37. The van der Waals surface area contributed by atoms with Gasteiger partial charge in [-0.2, -0.15) is 13.2 Å². The summed E-state index contributed by atoms with van der Waals surface area (Å²) in [5.41, 5.74) is 2.89. The molecule has 1 aliphatic rings. The van der Waals surface area contributed by atoms with Gasteiger partial charge in [-0.05, 0) is 25.3 Å². The average molecular weight is 435 g/mol. The third-order valence-corrected chi connectivity index (χ3v) is 4.77. The van der Waals surface area contributed by atoms with Crippen molar-refractivity contribution in [2.24, 2.45) is 5.73 Å². The minimum Gasteiger partial charge on any atom is -0.366 e. The molecule has 0 radical (unpaired) electrons. The van der Waals surface area contributed by atoms with Gasteiger partial charge in [-0.3, -0.25) is 9.59 Å². The normalized spacial score (nSPS) is 16.7. The van der Waals surface area contributed by atoms with E-state index in [9.17, 15) is 31.5 Å². The van der Waals surface area contributed by atoms with Crippen LogP contribution in [0.3, 0.4) is 0 Å². The molecule has 0 bridgehead atoms. The number of nitrogens with zero attached hydrogens (tertiary/aromatic N) is 3. The van der Waals surface area contributed by atoms with E-state index in [2.05, 4.69) is 22.1 Å². The molecule has 2 amide bonds. The second-order valence-corrected chi connectivity index (χ2v) is 7.04. The van der Waals surface area contributed by atoms with Crippen LogP contribution in [-0.2, 0) is 11.0 Å². The van der Waals surface area contributed by atoms with E-state index < -0.39 is 47.2 Å². The predicted octanol–water partition coefficient (Wildman–Crippen LogP) is 2.59. The lowest BCUT2D eigenvalue weighted by molar-refractivity contribution is -0.142. The number of hydrogen-bond donors (Lipinski definition) is 2. The summed E-state index contributed by atoms with van der Waals surface area (Å²) in [6.45, 7) is 4.29. The number of rotatable bonds is 6. The van der Waals surface area contributed by atoms with Gasteiger partial charge in [0, 0.05) is 38.0 Å².